The summed E-state index contributed by atoms with van der Waals surface area (Å²) in [6, 6.07) is 33.1. The molecule has 1 aromatic heterocycles. The van der Waals surface area contributed by atoms with Gasteiger partial charge in [-0.15, -0.1) is 0 Å². The molecule has 3 aliphatic carbocycles. The van der Waals surface area contributed by atoms with Crippen LogP contribution < -0.4 is 26.2 Å². The number of anilines is 6. The molecule has 378 valence electrons. The fourth-order valence-electron chi connectivity index (χ4n) is 14.6. The molecule has 2 aliphatic heterocycles. The highest BCUT2D eigenvalue weighted by molar-refractivity contribution is 7.00. The molecule has 12 rings (SSSR count). The van der Waals surface area contributed by atoms with Crippen LogP contribution in [0.25, 0.3) is 21.9 Å². The molecular weight excluding hydrogens is 884 g/mol. The summed E-state index contributed by atoms with van der Waals surface area (Å²) in [7, 11) is 0. The maximum atomic E-state index is 7.23. The molecule has 5 aliphatic rings. The molecule has 0 saturated carbocycles. The molecule has 4 heteroatoms. The van der Waals surface area contributed by atoms with E-state index in [-0.39, 0.29) is 44.6 Å². The largest absolute Gasteiger partial charge is 0.456 e. The summed E-state index contributed by atoms with van der Waals surface area (Å²) >= 11 is 0. The van der Waals surface area contributed by atoms with Crippen molar-refractivity contribution in [2.24, 2.45) is 0 Å². The Morgan fingerprint density at radius 2 is 0.836 bits per heavy atom. The summed E-state index contributed by atoms with van der Waals surface area (Å²) in [5.41, 5.74) is 28.4. The number of benzene rings is 6. The van der Waals surface area contributed by atoms with E-state index < -0.39 is 0 Å². The Bertz CT molecular complexity index is 3520. The molecule has 0 N–H and O–H groups in total. The first-order chi connectivity index (χ1) is 33.9. The topological polar surface area (TPSA) is 19.6 Å². The Morgan fingerprint density at radius 3 is 1.30 bits per heavy atom. The van der Waals surface area contributed by atoms with Crippen molar-refractivity contribution in [3.8, 4) is 0 Å². The van der Waals surface area contributed by atoms with Crippen LogP contribution >= 0.6 is 0 Å². The van der Waals surface area contributed by atoms with Gasteiger partial charge in [0.25, 0.3) is 6.71 Å². The normalized spacial score (nSPS) is 20.4. The number of fused-ring (bicyclic) bond motifs is 10. The molecule has 0 spiro atoms. The van der Waals surface area contributed by atoms with E-state index in [1.54, 1.807) is 0 Å². The van der Waals surface area contributed by atoms with Crippen molar-refractivity contribution < 1.29 is 4.42 Å². The first-order valence-corrected chi connectivity index (χ1v) is 28.2. The minimum absolute atomic E-state index is 0.0146. The van der Waals surface area contributed by atoms with Crippen molar-refractivity contribution >= 4 is 79.2 Å². The molecular formula is C69H83BN2O. The summed E-state index contributed by atoms with van der Waals surface area (Å²) in [6.07, 6.45) is 7.07. The van der Waals surface area contributed by atoms with Gasteiger partial charge in [0.05, 0.1) is 0 Å². The van der Waals surface area contributed by atoms with Crippen LogP contribution in [0.4, 0.5) is 34.1 Å². The molecule has 6 aromatic carbocycles. The molecule has 3 nitrogen and oxygen atoms in total. The van der Waals surface area contributed by atoms with Gasteiger partial charge in [0.1, 0.15) is 11.2 Å². The van der Waals surface area contributed by atoms with Crippen LogP contribution in [-0.4, -0.2) is 6.71 Å². The third-order valence-electron chi connectivity index (χ3n) is 20.0. The van der Waals surface area contributed by atoms with E-state index in [1.807, 2.05) is 0 Å². The smallest absolute Gasteiger partial charge is 0.252 e. The van der Waals surface area contributed by atoms with Gasteiger partial charge in [0, 0.05) is 51.0 Å². The molecule has 0 bridgehead atoms. The number of hydrogen-bond donors (Lipinski definition) is 0. The third-order valence-corrected chi connectivity index (χ3v) is 20.0. The summed E-state index contributed by atoms with van der Waals surface area (Å²) in [5, 5.41) is 2.46. The zero-order valence-corrected chi connectivity index (χ0v) is 48.2. The van der Waals surface area contributed by atoms with Crippen LogP contribution in [0.5, 0.6) is 0 Å². The molecule has 73 heavy (non-hydrogen) atoms. The first kappa shape index (κ1) is 48.7. The molecule has 0 fully saturated rings. The maximum Gasteiger partial charge on any atom is 0.252 e. The van der Waals surface area contributed by atoms with Gasteiger partial charge >= 0.3 is 0 Å². The van der Waals surface area contributed by atoms with Crippen molar-refractivity contribution in [3.63, 3.8) is 0 Å². The fourth-order valence-corrected chi connectivity index (χ4v) is 14.6. The van der Waals surface area contributed by atoms with Gasteiger partial charge in [-0.2, -0.15) is 0 Å². The van der Waals surface area contributed by atoms with Crippen molar-refractivity contribution in [3.05, 3.63) is 134 Å². The average Bonchev–Trinajstić information content (AvgIpc) is 3.66. The number of rotatable bonds is 3. The molecule has 0 amide bonds. The van der Waals surface area contributed by atoms with Crippen molar-refractivity contribution in [2.45, 2.75) is 214 Å². The predicted octanol–water partition coefficient (Wildman–Crippen LogP) is 17.8. The predicted molar refractivity (Wildman–Crippen MR) is 316 cm³/mol. The molecule has 0 saturated heterocycles. The van der Waals surface area contributed by atoms with Crippen molar-refractivity contribution in [1.29, 1.82) is 0 Å². The van der Waals surface area contributed by atoms with E-state index >= 15 is 0 Å². The first-order valence-electron chi connectivity index (χ1n) is 28.2. The summed E-state index contributed by atoms with van der Waals surface area (Å²) in [6.45, 7) is 46.2. The molecule has 3 heterocycles. The standard InChI is InChI=1S/C69H83BN2O/c1-39(2)42-20-21-54-52(30-42)70-53-34-45-44-33-48-51(69(18,19)27-24-66(48,12)13)37-60(44)73-61(45)38-57(53)72(56-36-50-47(29-41(56)4)65(10,11)23-26-68(50,16)17)59-32-43(63(5,6)7)31-58(62(59)70)71(54)55-35-49-46(28-40(55)3)64(8,9)22-25-67(49,14)15/h20-21,28-39H,22-27H2,1-19H3. The van der Waals surface area contributed by atoms with Crippen molar-refractivity contribution in [1.82, 2.24) is 0 Å². The maximum absolute atomic E-state index is 7.23. The second-order valence-electron chi connectivity index (χ2n) is 29.3. The van der Waals surface area contributed by atoms with E-state index in [9.17, 15) is 0 Å². The highest BCUT2D eigenvalue weighted by Crippen LogP contribution is 2.55. The van der Waals surface area contributed by atoms with Gasteiger partial charge in [0.15, 0.2) is 0 Å². The molecule has 0 radical (unpaired) electrons. The second-order valence-corrected chi connectivity index (χ2v) is 29.3. The lowest BCUT2D eigenvalue weighted by Gasteiger charge is -2.47. The van der Waals surface area contributed by atoms with Gasteiger partial charge in [-0.1, -0.05) is 148 Å². The van der Waals surface area contributed by atoms with Gasteiger partial charge in [0.2, 0.25) is 0 Å². The lowest BCUT2D eigenvalue weighted by atomic mass is 9.33. The number of furan rings is 1. The Kier molecular flexibility index (Phi) is 10.2. The van der Waals surface area contributed by atoms with Crippen LogP contribution in [0.1, 0.15) is 218 Å². The lowest BCUT2D eigenvalue weighted by molar-refractivity contribution is 0.332. The summed E-state index contributed by atoms with van der Waals surface area (Å²) in [5.74, 6) is 0.376. The van der Waals surface area contributed by atoms with E-state index in [0.29, 0.717) is 5.92 Å². The van der Waals surface area contributed by atoms with Crippen LogP contribution in [0.15, 0.2) is 83.3 Å². The van der Waals surface area contributed by atoms with Crippen LogP contribution in [0.2, 0.25) is 0 Å². The molecule has 0 unspecified atom stereocenters. The van der Waals surface area contributed by atoms with Crippen molar-refractivity contribution in [2.75, 3.05) is 9.80 Å². The Hall–Kier alpha value is -5.22. The van der Waals surface area contributed by atoms with E-state index in [2.05, 4.69) is 220 Å². The second kappa shape index (κ2) is 15.2. The Labute approximate surface area is 439 Å². The quantitative estimate of drug-likeness (QED) is 0.165. The van der Waals surface area contributed by atoms with E-state index in [4.69, 9.17) is 4.42 Å². The highest BCUT2D eigenvalue weighted by atomic mass is 16.3. The van der Waals surface area contributed by atoms with Gasteiger partial charge in [-0.05, 0) is 211 Å². The van der Waals surface area contributed by atoms with Crippen LogP contribution in [0, 0.1) is 13.8 Å². The zero-order chi connectivity index (χ0) is 52.2. The van der Waals surface area contributed by atoms with Gasteiger partial charge in [-0.25, -0.2) is 0 Å². The Balaban J connectivity index is 1.23. The molecule has 7 aromatic rings. The third kappa shape index (κ3) is 7.09. The van der Waals surface area contributed by atoms with Gasteiger partial charge in [-0.3, -0.25) is 0 Å². The summed E-state index contributed by atoms with van der Waals surface area (Å²) in [4.78, 5) is 5.42. The van der Waals surface area contributed by atoms with Crippen LogP contribution in [-0.2, 0) is 37.9 Å². The SMILES string of the molecule is Cc1cc2c(cc1N1c3ccc(C(C)C)cc3B3c4cc5c(cc4N(c4cc6c(cc4C)C(C)(C)CCC6(C)C)c4cc(C(C)(C)C)cc1c43)oc1cc3c(cc15)C(C)(C)CCC3(C)C)C(C)(C)CCC2(C)C. The minimum atomic E-state index is -0.127. The number of nitrogens with zero attached hydrogens (tertiary/aromatic N) is 2. The zero-order valence-electron chi connectivity index (χ0n) is 48.2. The van der Waals surface area contributed by atoms with Gasteiger partial charge < -0.3 is 14.2 Å². The Morgan fingerprint density at radius 1 is 0.438 bits per heavy atom. The number of aryl methyl sites for hydroxylation is 2. The minimum Gasteiger partial charge on any atom is -0.456 e. The van der Waals surface area contributed by atoms with E-state index in [0.717, 1.165) is 17.6 Å². The highest BCUT2D eigenvalue weighted by Gasteiger charge is 2.48. The number of hydrogen-bond acceptors (Lipinski definition) is 3. The lowest BCUT2D eigenvalue weighted by Crippen LogP contribution is -2.61. The fraction of sp³-hybridized carbons (Fsp3) is 0.478. The average molecular weight is 967 g/mol. The van der Waals surface area contributed by atoms with Crippen LogP contribution in [0.3, 0.4) is 0 Å². The summed E-state index contributed by atoms with van der Waals surface area (Å²) < 4.78 is 7.23. The monoisotopic (exact) mass is 967 g/mol. The van der Waals surface area contributed by atoms with E-state index in [1.165, 1.54) is 149 Å². The molecule has 0 atom stereocenters.